The summed E-state index contributed by atoms with van der Waals surface area (Å²) in [5, 5.41) is 18.8. The molecule has 144 valence electrons. The third-order valence-electron chi connectivity index (χ3n) is 4.48. The van der Waals surface area contributed by atoms with Crippen LogP contribution in [0.2, 0.25) is 0 Å². The predicted octanol–water partition coefficient (Wildman–Crippen LogP) is 3.35. The van der Waals surface area contributed by atoms with Crippen molar-refractivity contribution in [2.24, 2.45) is 0 Å². The van der Waals surface area contributed by atoms with Crippen molar-refractivity contribution in [3.63, 3.8) is 0 Å². The monoisotopic (exact) mass is 387 g/mol. The van der Waals surface area contributed by atoms with Gasteiger partial charge in [-0.15, -0.1) is 0 Å². The fourth-order valence-electron chi connectivity index (χ4n) is 3.10. The van der Waals surface area contributed by atoms with E-state index >= 15 is 0 Å². The molecule has 1 aromatic heterocycles. The maximum Gasteiger partial charge on any atom is 0.280 e. The zero-order valence-corrected chi connectivity index (χ0v) is 15.5. The second-order valence-corrected chi connectivity index (χ2v) is 6.28. The number of hydrogen-bond acceptors (Lipinski definition) is 5. The van der Waals surface area contributed by atoms with Crippen LogP contribution in [-0.4, -0.2) is 27.9 Å². The number of carbonyl (C=O) groups is 1. The van der Waals surface area contributed by atoms with Crippen molar-refractivity contribution < 1.29 is 14.6 Å². The Morgan fingerprint density at radius 3 is 2.59 bits per heavy atom. The van der Waals surface area contributed by atoms with Gasteiger partial charge in [-0.05, 0) is 23.6 Å². The molecule has 29 heavy (non-hydrogen) atoms. The molecule has 1 heterocycles. The summed E-state index contributed by atoms with van der Waals surface area (Å²) in [5.74, 6) is -0.727. The van der Waals surface area contributed by atoms with Gasteiger partial charge in [-0.1, -0.05) is 48.5 Å². The first-order valence-electron chi connectivity index (χ1n) is 8.84. The van der Waals surface area contributed by atoms with Crippen molar-refractivity contribution in [3.05, 3.63) is 88.8 Å². The molecule has 0 aliphatic heterocycles. The zero-order valence-electron chi connectivity index (χ0n) is 15.5. The van der Waals surface area contributed by atoms with Gasteiger partial charge in [0.25, 0.3) is 11.5 Å². The van der Waals surface area contributed by atoms with Gasteiger partial charge in [-0.25, -0.2) is 0 Å². The third-order valence-corrected chi connectivity index (χ3v) is 4.48. The Balaban J connectivity index is 1.77. The lowest BCUT2D eigenvalue weighted by molar-refractivity contribution is 0.101. The molecule has 7 nitrogen and oxygen atoms in total. The van der Waals surface area contributed by atoms with E-state index in [1.54, 1.807) is 30.3 Å². The minimum Gasteiger partial charge on any atom is -0.505 e. The number of nitrogens with zero attached hydrogens (tertiary/aromatic N) is 2. The van der Waals surface area contributed by atoms with E-state index in [1.807, 2.05) is 36.4 Å². The summed E-state index contributed by atoms with van der Waals surface area (Å²) in [6.07, 6.45) is 0. The van der Waals surface area contributed by atoms with Crippen LogP contribution in [0.5, 0.6) is 11.5 Å². The standard InChI is InChI=1S/C22H17N3O4/c1-29-19-12-5-4-11-17(19)25-20(27)13-18(26)21(24-25)22(28)23-16-10-6-8-14-7-2-3-9-15(14)16/h2-13,26H,1H3,(H,23,28). The number of hydrogen-bond donors (Lipinski definition) is 2. The Bertz CT molecular complexity index is 1280. The first kappa shape index (κ1) is 18.2. The Labute approximate surface area is 165 Å². The topological polar surface area (TPSA) is 93.5 Å². The number of anilines is 1. The van der Waals surface area contributed by atoms with Crippen molar-refractivity contribution in [1.29, 1.82) is 0 Å². The van der Waals surface area contributed by atoms with Crippen LogP contribution >= 0.6 is 0 Å². The van der Waals surface area contributed by atoms with Crippen molar-refractivity contribution in [2.45, 2.75) is 0 Å². The second kappa shape index (κ2) is 7.47. The molecule has 0 aliphatic rings. The van der Waals surface area contributed by atoms with Crippen LogP contribution in [0.3, 0.4) is 0 Å². The van der Waals surface area contributed by atoms with Crippen molar-refractivity contribution in [2.75, 3.05) is 12.4 Å². The lowest BCUT2D eigenvalue weighted by Gasteiger charge is -2.12. The summed E-state index contributed by atoms with van der Waals surface area (Å²) in [4.78, 5) is 25.2. The first-order chi connectivity index (χ1) is 14.1. The molecular weight excluding hydrogens is 370 g/mol. The van der Waals surface area contributed by atoms with Crippen molar-refractivity contribution >= 4 is 22.4 Å². The first-order valence-corrected chi connectivity index (χ1v) is 8.84. The van der Waals surface area contributed by atoms with E-state index in [0.29, 0.717) is 17.1 Å². The summed E-state index contributed by atoms with van der Waals surface area (Å²) >= 11 is 0. The number of fused-ring (bicyclic) bond motifs is 1. The van der Waals surface area contributed by atoms with Gasteiger partial charge in [0.1, 0.15) is 11.4 Å². The summed E-state index contributed by atoms with van der Waals surface area (Å²) < 4.78 is 6.29. The van der Waals surface area contributed by atoms with E-state index in [1.165, 1.54) is 7.11 Å². The minimum atomic E-state index is -0.637. The number of rotatable bonds is 4. The van der Waals surface area contributed by atoms with E-state index in [4.69, 9.17) is 4.74 Å². The van der Waals surface area contributed by atoms with Gasteiger partial charge in [0, 0.05) is 17.1 Å². The molecule has 4 rings (SSSR count). The number of aromatic nitrogens is 2. The summed E-state index contributed by atoms with van der Waals surface area (Å²) in [5.41, 5.74) is 0.0701. The number of benzene rings is 3. The smallest absolute Gasteiger partial charge is 0.280 e. The summed E-state index contributed by atoms with van der Waals surface area (Å²) in [6.45, 7) is 0. The van der Waals surface area contributed by atoms with Gasteiger partial charge in [-0.2, -0.15) is 9.78 Å². The quantitative estimate of drug-likeness (QED) is 0.560. The van der Waals surface area contributed by atoms with Gasteiger partial charge in [0.15, 0.2) is 11.4 Å². The van der Waals surface area contributed by atoms with Crippen LogP contribution in [0.25, 0.3) is 16.5 Å². The molecule has 0 saturated carbocycles. The summed E-state index contributed by atoms with van der Waals surface area (Å²) in [7, 11) is 1.47. The Kier molecular flexibility index (Phi) is 4.70. The van der Waals surface area contributed by atoms with Crippen LogP contribution in [0.1, 0.15) is 10.5 Å². The Morgan fingerprint density at radius 2 is 1.76 bits per heavy atom. The van der Waals surface area contributed by atoms with Gasteiger partial charge < -0.3 is 15.2 Å². The highest BCUT2D eigenvalue weighted by Gasteiger charge is 2.19. The van der Waals surface area contributed by atoms with Crippen LogP contribution < -0.4 is 15.6 Å². The largest absolute Gasteiger partial charge is 0.505 e. The number of ether oxygens (including phenoxy) is 1. The van der Waals surface area contributed by atoms with Gasteiger partial charge in [0.2, 0.25) is 0 Å². The molecule has 0 radical (unpaired) electrons. The average Bonchev–Trinajstić information content (AvgIpc) is 2.74. The van der Waals surface area contributed by atoms with Crippen molar-refractivity contribution in [1.82, 2.24) is 9.78 Å². The molecule has 0 spiro atoms. The van der Waals surface area contributed by atoms with Crippen molar-refractivity contribution in [3.8, 4) is 17.2 Å². The minimum absolute atomic E-state index is 0.275. The molecule has 7 heteroatoms. The third kappa shape index (κ3) is 3.41. The highest BCUT2D eigenvalue weighted by molar-refractivity contribution is 6.09. The van der Waals surface area contributed by atoms with Crippen LogP contribution in [0.15, 0.2) is 77.6 Å². The SMILES string of the molecule is COc1ccccc1-n1nc(C(=O)Nc2cccc3ccccc23)c(O)cc1=O. The number of nitrogens with one attached hydrogen (secondary N) is 1. The molecule has 2 N–H and O–H groups in total. The molecule has 0 unspecified atom stereocenters. The van der Waals surface area contributed by atoms with E-state index in [0.717, 1.165) is 21.5 Å². The molecule has 0 fully saturated rings. The van der Waals surface area contributed by atoms with Gasteiger partial charge in [-0.3, -0.25) is 9.59 Å². The number of methoxy groups -OCH3 is 1. The normalized spacial score (nSPS) is 10.7. The molecule has 3 aromatic carbocycles. The highest BCUT2D eigenvalue weighted by atomic mass is 16.5. The molecule has 4 aromatic rings. The van der Waals surface area contributed by atoms with E-state index in [9.17, 15) is 14.7 Å². The van der Waals surface area contributed by atoms with Crippen LogP contribution in [0.4, 0.5) is 5.69 Å². The van der Waals surface area contributed by atoms with Crippen LogP contribution in [0, 0.1) is 0 Å². The molecule has 1 amide bonds. The second-order valence-electron chi connectivity index (χ2n) is 6.28. The molecule has 0 saturated heterocycles. The van der Waals surface area contributed by atoms with E-state index in [2.05, 4.69) is 10.4 Å². The lowest BCUT2D eigenvalue weighted by atomic mass is 10.1. The Morgan fingerprint density at radius 1 is 1.03 bits per heavy atom. The number of amides is 1. The lowest BCUT2D eigenvalue weighted by Crippen LogP contribution is -2.25. The molecule has 0 aliphatic carbocycles. The summed E-state index contributed by atoms with van der Waals surface area (Å²) in [6, 6.07) is 20.8. The number of carbonyl (C=O) groups excluding carboxylic acids is 1. The van der Waals surface area contributed by atoms with Gasteiger partial charge >= 0.3 is 0 Å². The maximum absolute atomic E-state index is 12.8. The maximum atomic E-state index is 12.8. The van der Waals surface area contributed by atoms with Gasteiger partial charge in [0.05, 0.1) is 7.11 Å². The highest BCUT2D eigenvalue weighted by Crippen LogP contribution is 2.25. The van der Waals surface area contributed by atoms with E-state index < -0.39 is 17.2 Å². The zero-order chi connectivity index (χ0) is 20.4. The van der Waals surface area contributed by atoms with E-state index in [-0.39, 0.29) is 5.69 Å². The number of aromatic hydroxyl groups is 1. The molecule has 0 atom stereocenters. The Hall–Kier alpha value is -4.13. The molecular formula is C22H17N3O4. The van der Waals surface area contributed by atoms with Crippen LogP contribution in [-0.2, 0) is 0 Å². The fourth-order valence-corrected chi connectivity index (χ4v) is 3.10. The predicted molar refractivity (Wildman–Crippen MR) is 110 cm³/mol. The molecule has 0 bridgehead atoms. The average molecular weight is 387 g/mol. The fraction of sp³-hybridized carbons (Fsp3) is 0.0455. The number of para-hydroxylation sites is 2.